The van der Waals surface area contributed by atoms with Crippen molar-refractivity contribution in [2.24, 2.45) is 0 Å². The second kappa shape index (κ2) is 11.0. The third kappa shape index (κ3) is 5.76. The number of ether oxygens (including phenoxy) is 1. The Balaban J connectivity index is 1.33. The smallest absolute Gasteiger partial charge is 0.241 e. The van der Waals surface area contributed by atoms with Gasteiger partial charge in [0.1, 0.15) is 5.82 Å². The van der Waals surface area contributed by atoms with Crippen LogP contribution in [0.5, 0.6) is 0 Å². The number of carbonyl (C=O) groups excluding carboxylic acids is 1. The molecule has 1 aromatic heterocycles. The molecule has 3 aliphatic rings. The van der Waals surface area contributed by atoms with Gasteiger partial charge in [0.25, 0.3) is 0 Å². The van der Waals surface area contributed by atoms with Crippen molar-refractivity contribution in [3.63, 3.8) is 0 Å². The lowest BCUT2D eigenvalue weighted by Crippen LogP contribution is -2.63. The standard InChI is InChI=1S/C29H41FN6O2/c1-19-13-34(25(12-31-19)14-35-20(2)16-38-17-21(35)3)15-27(37)36-18-29(4,5)28-26(36)11-24(32-33-28)10-22-6-8-23(30)9-7-22/h6-9,11,19-21,25,31H,10,12-18H2,1-5H3/t19-,20-,21-,25-/m1/s1. The van der Waals surface area contributed by atoms with Crippen LogP contribution in [0.4, 0.5) is 10.1 Å². The molecule has 0 aliphatic carbocycles. The molecule has 9 heteroatoms. The highest BCUT2D eigenvalue weighted by atomic mass is 19.1. The van der Waals surface area contributed by atoms with Crippen LogP contribution < -0.4 is 10.2 Å². The Hall–Kier alpha value is -2.46. The van der Waals surface area contributed by atoms with Crippen LogP contribution in [0.2, 0.25) is 0 Å². The summed E-state index contributed by atoms with van der Waals surface area (Å²) in [6, 6.07) is 9.73. The normalized spacial score (nSPS) is 27.9. The van der Waals surface area contributed by atoms with E-state index in [1.165, 1.54) is 12.1 Å². The van der Waals surface area contributed by atoms with E-state index in [0.717, 1.165) is 55.5 Å². The van der Waals surface area contributed by atoms with Crippen LogP contribution in [0.1, 0.15) is 51.6 Å². The Kier molecular flexibility index (Phi) is 7.82. The molecule has 4 heterocycles. The maximum Gasteiger partial charge on any atom is 0.241 e. The van der Waals surface area contributed by atoms with Crippen molar-refractivity contribution in [1.29, 1.82) is 0 Å². The van der Waals surface area contributed by atoms with Crippen LogP contribution in [-0.2, 0) is 21.4 Å². The lowest BCUT2D eigenvalue weighted by Gasteiger charge is -2.46. The van der Waals surface area contributed by atoms with Crippen molar-refractivity contribution in [2.45, 2.75) is 70.6 Å². The van der Waals surface area contributed by atoms with Gasteiger partial charge in [-0.1, -0.05) is 26.0 Å². The molecule has 0 unspecified atom stereocenters. The lowest BCUT2D eigenvalue weighted by molar-refractivity contribution is -0.121. The summed E-state index contributed by atoms with van der Waals surface area (Å²) in [6.07, 6.45) is 0.538. The van der Waals surface area contributed by atoms with Gasteiger partial charge in [-0.05, 0) is 44.5 Å². The van der Waals surface area contributed by atoms with E-state index in [4.69, 9.17) is 4.74 Å². The minimum atomic E-state index is -0.277. The van der Waals surface area contributed by atoms with E-state index in [1.807, 2.05) is 11.0 Å². The summed E-state index contributed by atoms with van der Waals surface area (Å²) in [5.41, 5.74) is 3.16. The number of morpholine rings is 1. The number of halogens is 1. The zero-order chi connectivity index (χ0) is 27.0. The molecule has 1 N–H and O–H groups in total. The topological polar surface area (TPSA) is 73.8 Å². The molecule has 2 saturated heterocycles. The number of fused-ring (bicyclic) bond motifs is 1. The lowest BCUT2D eigenvalue weighted by atomic mass is 9.91. The molecular weight excluding hydrogens is 483 g/mol. The van der Waals surface area contributed by atoms with E-state index in [1.54, 1.807) is 12.1 Å². The molecule has 0 radical (unpaired) electrons. The van der Waals surface area contributed by atoms with Gasteiger partial charge in [0.05, 0.1) is 36.8 Å². The Labute approximate surface area is 225 Å². The number of hydrogen-bond acceptors (Lipinski definition) is 7. The first-order valence-electron chi connectivity index (χ1n) is 13.8. The molecule has 4 atom stereocenters. The fourth-order valence-corrected chi connectivity index (χ4v) is 6.09. The number of carbonyl (C=O) groups is 1. The molecule has 0 bridgehead atoms. The number of hydrogen-bond donors (Lipinski definition) is 1. The quantitative estimate of drug-likeness (QED) is 0.623. The number of benzene rings is 1. The summed E-state index contributed by atoms with van der Waals surface area (Å²) in [5.74, 6) is -0.162. The molecule has 8 nitrogen and oxygen atoms in total. The number of piperazine rings is 1. The first kappa shape index (κ1) is 27.1. The predicted molar refractivity (Wildman–Crippen MR) is 146 cm³/mol. The van der Waals surface area contributed by atoms with Gasteiger partial charge in [-0.2, -0.15) is 10.2 Å². The molecule has 5 rings (SSSR count). The monoisotopic (exact) mass is 524 g/mol. The molecular formula is C29H41FN6O2. The van der Waals surface area contributed by atoms with E-state index in [-0.39, 0.29) is 23.2 Å². The number of aromatic nitrogens is 2. The largest absolute Gasteiger partial charge is 0.378 e. The average molecular weight is 525 g/mol. The summed E-state index contributed by atoms with van der Waals surface area (Å²) < 4.78 is 19.1. The van der Waals surface area contributed by atoms with Crippen molar-refractivity contribution < 1.29 is 13.9 Å². The van der Waals surface area contributed by atoms with Gasteiger partial charge in [-0.25, -0.2) is 4.39 Å². The first-order chi connectivity index (χ1) is 18.1. The van der Waals surface area contributed by atoms with Crippen molar-refractivity contribution in [1.82, 2.24) is 25.3 Å². The summed E-state index contributed by atoms with van der Waals surface area (Å²) in [7, 11) is 0. The van der Waals surface area contributed by atoms with E-state index in [0.29, 0.717) is 37.6 Å². The van der Waals surface area contributed by atoms with Crippen molar-refractivity contribution in [3.8, 4) is 0 Å². The number of anilines is 1. The Bertz CT molecular complexity index is 1130. The Morgan fingerprint density at radius 3 is 2.55 bits per heavy atom. The summed E-state index contributed by atoms with van der Waals surface area (Å²) in [5, 5.41) is 12.6. The third-order valence-electron chi connectivity index (χ3n) is 8.25. The van der Waals surface area contributed by atoms with Crippen molar-refractivity contribution >= 4 is 11.6 Å². The molecule has 2 fully saturated rings. The predicted octanol–water partition coefficient (Wildman–Crippen LogP) is 2.60. The van der Waals surface area contributed by atoms with E-state index >= 15 is 0 Å². The van der Waals surface area contributed by atoms with E-state index < -0.39 is 0 Å². The van der Waals surface area contributed by atoms with Gasteiger partial charge in [0.15, 0.2) is 0 Å². The van der Waals surface area contributed by atoms with Gasteiger partial charge in [0, 0.05) is 62.2 Å². The van der Waals surface area contributed by atoms with Gasteiger partial charge in [0.2, 0.25) is 5.91 Å². The number of amides is 1. The molecule has 1 amide bonds. The highest BCUT2D eigenvalue weighted by molar-refractivity contribution is 5.97. The zero-order valence-corrected chi connectivity index (χ0v) is 23.3. The van der Waals surface area contributed by atoms with Crippen LogP contribution in [0.25, 0.3) is 0 Å². The molecule has 1 aromatic carbocycles. The molecule has 2 aromatic rings. The summed E-state index contributed by atoms with van der Waals surface area (Å²) in [6.45, 7) is 15.9. The highest BCUT2D eigenvalue weighted by Crippen LogP contribution is 2.39. The van der Waals surface area contributed by atoms with Crippen molar-refractivity contribution in [3.05, 3.63) is 53.1 Å². The molecule has 38 heavy (non-hydrogen) atoms. The minimum Gasteiger partial charge on any atom is -0.378 e. The third-order valence-corrected chi connectivity index (χ3v) is 8.25. The van der Waals surface area contributed by atoms with Crippen LogP contribution in [0, 0.1) is 5.82 Å². The molecule has 206 valence electrons. The SMILES string of the molecule is C[C@@H]1CN(CC(=O)N2CC(C)(C)c3nnc(Cc4ccc(F)cc4)cc32)[C@@H](CN2[C@H](C)COC[C@H]2C)CN1. The second-order valence-corrected chi connectivity index (χ2v) is 12.1. The fourth-order valence-electron chi connectivity index (χ4n) is 6.09. The van der Waals surface area contributed by atoms with Gasteiger partial charge in [-0.15, -0.1) is 0 Å². The van der Waals surface area contributed by atoms with Gasteiger partial charge < -0.3 is 15.0 Å². The van der Waals surface area contributed by atoms with Crippen LogP contribution in [0.15, 0.2) is 30.3 Å². The zero-order valence-electron chi connectivity index (χ0n) is 23.3. The summed E-state index contributed by atoms with van der Waals surface area (Å²) in [4.78, 5) is 20.7. The van der Waals surface area contributed by atoms with Gasteiger partial charge in [-0.3, -0.25) is 14.6 Å². The number of rotatable bonds is 6. The highest BCUT2D eigenvalue weighted by Gasteiger charge is 2.41. The maximum atomic E-state index is 13.9. The van der Waals surface area contributed by atoms with E-state index in [2.05, 4.69) is 59.9 Å². The second-order valence-electron chi connectivity index (χ2n) is 12.1. The molecule has 0 spiro atoms. The van der Waals surface area contributed by atoms with E-state index in [9.17, 15) is 9.18 Å². The van der Waals surface area contributed by atoms with Crippen LogP contribution in [-0.4, -0.2) is 96.0 Å². The average Bonchev–Trinajstić information content (AvgIpc) is 3.14. The molecule has 3 aliphatic heterocycles. The van der Waals surface area contributed by atoms with Crippen LogP contribution >= 0.6 is 0 Å². The first-order valence-corrected chi connectivity index (χ1v) is 13.8. The van der Waals surface area contributed by atoms with Crippen molar-refractivity contribution in [2.75, 3.05) is 50.8 Å². The summed E-state index contributed by atoms with van der Waals surface area (Å²) >= 11 is 0. The molecule has 0 saturated carbocycles. The number of nitrogens with zero attached hydrogens (tertiary/aromatic N) is 5. The minimum absolute atomic E-state index is 0.0970. The maximum absolute atomic E-state index is 13.9. The Morgan fingerprint density at radius 1 is 1.13 bits per heavy atom. The fraction of sp³-hybridized carbons (Fsp3) is 0.621. The van der Waals surface area contributed by atoms with Crippen LogP contribution in [0.3, 0.4) is 0 Å². The van der Waals surface area contributed by atoms with Gasteiger partial charge >= 0.3 is 0 Å². The Morgan fingerprint density at radius 2 is 1.84 bits per heavy atom. The number of nitrogens with one attached hydrogen (secondary N) is 1.